The normalized spacial score (nSPS) is 18.0. The second-order valence-electron chi connectivity index (χ2n) is 6.35. The van der Waals surface area contributed by atoms with Gasteiger partial charge in [0.25, 0.3) is 0 Å². The Labute approximate surface area is 133 Å². The highest BCUT2D eigenvalue weighted by molar-refractivity contribution is 7.09. The lowest BCUT2D eigenvalue weighted by molar-refractivity contribution is 0.126. The first-order chi connectivity index (χ1) is 10.1. The number of rotatable bonds is 7. The van der Waals surface area contributed by atoms with Crippen molar-refractivity contribution in [1.82, 2.24) is 20.1 Å². The molecule has 1 aliphatic rings. The molecule has 0 aliphatic carbocycles. The van der Waals surface area contributed by atoms with Gasteiger partial charge in [-0.25, -0.2) is 4.98 Å². The molecule has 0 amide bonds. The standard InChI is InChI=1S/C16H30N4S/c1-5-20-8-6-15(7-9-20)19(4)11-14-12-21-16(18-14)10-17-13(2)3/h12-13,15,17H,5-11H2,1-4H3. The van der Waals surface area contributed by atoms with Crippen LogP contribution in [0.5, 0.6) is 0 Å². The first kappa shape index (κ1) is 16.9. The summed E-state index contributed by atoms with van der Waals surface area (Å²) >= 11 is 1.78. The second-order valence-corrected chi connectivity index (χ2v) is 7.29. The minimum Gasteiger partial charge on any atom is -0.308 e. The van der Waals surface area contributed by atoms with E-state index in [2.05, 4.69) is 48.3 Å². The molecule has 1 fully saturated rings. The summed E-state index contributed by atoms with van der Waals surface area (Å²) < 4.78 is 0. The van der Waals surface area contributed by atoms with Crippen molar-refractivity contribution in [3.05, 3.63) is 16.1 Å². The lowest BCUT2D eigenvalue weighted by Crippen LogP contribution is -2.42. The molecule has 0 saturated carbocycles. The summed E-state index contributed by atoms with van der Waals surface area (Å²) in [6, 6.07) is 1.23. The van der Waals surface area contributed by atoms with Crippen LogP contribution in [0, 0.1) is 0 Å². The van der Waals surface area contributed by atoms with Gasteiger partial charge in [-0.1, -0.05) is 20.8 Å². The van der Waals surface area contributed by atoms with Crippen molar-refractivity contribution in [2.45, 2.75) is 58.8 Å². The molecule has 1 N–H and O–H groups in total. The Kier molecular flexibility index (Phi) is 6.61. The summed E-state index contributed by atoms with van der Waals surface area (Å²) in [7, 11) is 2.25. The molecule has 1 aliphatic heterocycles. The van der Waals surface area contributed by atoms with Crippen LogP contribution in [0.15, 0.2) is 5.38 Å². The van der Waals surface area contributed by atoms with E-state index in [1.54, 1.807) is 11.3 Å². The molecule has 0 atom stereocenters. The van der Waals surface area contributed by atoms with Gasteiger partial charge in [-0.3, -0.25) is 4.90 Å². The van der Waals surface area contributed by atoms with Crippen LogP contribution in [0.2, 0.25) is 0 Å². The Morgan fingerprint density at radius 3 is 2.76 bits per heavy atom. The second kappa shape index (κ2) is 8.22. The summed E-state index contributed by atoms with van der Waals surface area (Å²) in [6.07, 6.45) is 2.58. The van der Waals surface area contributed by atoms with Gasteiger partial charge in [0, 0.05) is 30.6 Å². The van der Waals surface area contributed by atoms with Crippen LogP contribution >= 0.6 is 11.3 Å². The third kappa shape index (κ3) is 5.33. The van der Waals surface area contributed by atoms with Gasteiger partial charge in [0.2, 0.25) is 0 Å². The molecule has 0 bridgehead atoms. The highest BCUT2D eigenvalue weighted by Gasteiger charge is 2.22. The monoisotopic (exact) mass is 310 g/mol. The summed E-state index contributed by atoms with van der Waals surface area (Å²) in [4.78, 5) is 9.78. The largest absolute Gasteiger partial charge is 0.308 e. The maximum atomic E-state index is 4.75. The van der Waals surface area contributed by atoms with Crippen molar-refractivity contribution in [1.29, 1.82) is 0 Å². The van der Waals surface area contributed by atoms with Crippen LogP contribution < -0.4 is 5.32 Å². The zero-order valence-electron chi connectivity index (χ0n) is 13.9. The quantitative estimate of drug-likeness (QED) is 0.839. The van der Waals surface area contributed by atoms with Crippen molar-refractivity contribution in [2.75, 3.05) is 26.7 Å². The van der Waals surface area contributed by atoms with Crippen LogP contribution in [0.1, 0.15) is 44.3 Å². The van der Waals surface area contributed by atoms with Crippen molar-refractivity contribution >= 4 is 11.3 Å². The molecule has 21 heavy (non-hydrogen) atoms. The SMILES string of the molecule is CCN1CCC(N(C)Cc2csc(CNC(C)C)n2)CC1. The van der Waals surface area contributed by atoms with Crippen molar-refractivity contribution < 1.29 is 0 Å². The van der Waals surface area contributed by atoms with Crippen LogP contribution in [0.3, 0.4) is 0 Å². The highest BCUT2D eigenvalue weighted by atomic mass is 32.1. The van der Waals surface area contributed by atoms with Gasteiger partial charge >= 0.3 is 0 Å². The summed E-state index contributed by atoms with van der Waals surface area (Å²) in [5.74, 6) is 0. The fourth-order valence-electron chi connectivity index (χ4n) is 2.86. The molecule has 1 saturated heterocycles. The highest BCUT2D eigenvalue weighted by Crippen LogP contribution is 2.18. The van der Waals surface area contributed by atoms with E-state index in [0.717, 1.165) is 13.1 Å². The first-order valence-corrected chi connectivity index (χ1v) is 9.05. The lowest BCUT2D eigenvalue weighted by atomic mass is 10.0. The lowest BCUT2D eigenvalue weighted by Gasteiger charge is -2.36. The number of hydrogen-bond donors (Lipinski definition) is 1. The minimum absolute atomic E-state index is 0.517. The van der Waals surface area contributed by atoms with Gasteiger partial charge in [0.15, 0.2) is 0 Å². The van der Waals surface area contributed by atoms with E-state index in [0.29, 0.717) is 12.1 Å². The van der Waals surface area contributed by atoms with E-state index in [9.17, 15) is 0 Å². The molecule has 0 spiro atoms. The van der Waals surface area contributed by atoms with Crippen LogP contribution in [0.25, 0.3) is 0 Å². The Balaban J connectivity index is 1.78. The number of piperidine rings is 1. The molecule has 1 aromatic heterocycles. The predicted octanol–water partition coefficient (Wildman–Crippen LogP) is 2.56. The number of likely N-dealkylation sites (tertiary alicyclic amines) is 1. The van der Waals surface area contributed by atoms with E-state index in [4.69, 9.17) is 4.98 Å². The van der Waals surface area contributed by atoms with E-state index in [1.807, 2.05) is 0 Å². The van der Waals surface area contributed by atoms with E-state index >= 15 is 0 Å². The maximum absolute atomic E-state index is 4.75. The van der Waals surface area contributed by atoms with Gasteiger partial charge in [-0.05, 0) is 39.5 Å². The van der Waals surface area contributed by atoms with Crippen molar-refractivity contribution in [3.63, 3.8) is 0 Å². The topological polar surface area (TPSA) is 31.4 Å². The summed E-state index contributed by atoms with van der Waals surface area (Å²) in [5.41, 5.74) is 1.22. The van der Waals surface area contributed by atoms with E-state index < -0.39 is 0 Å². The van der Waals surface area contributed by atoms with Crippen LogP contribution in [0.4, 0.5) is 0 Å². The average molecular weight is 311 g/mol. The zero-order valence-corrected chi connectivity index (χ0v) is 14.7. The number of hydrogen-bond acceptors (Lipinski definition) is 5. The summed E-state index contributed by atoms with van der Waals surface area (Å²) in [6.45, 7) is 12.1. The van der Waals surface area contributed by atoms with Gasteiger partial charge in [-0.15, -0.1) is 11.3 Å². The molecular weight excluding hydrogens is 280 g/mol. The van der Waals surface area contributed by atoms with Crippen LogP contribution in [-0.2, 0) is 13.1 Å². The van der Waals surface area contributed by atoms with Crippen molar-refractivity contribution in [3.8, 4) is 0 Å². The fourth-order valence-corrected chi connectivity index (χ4v) is 3.59. The van der Waals surface area contributed by atoms with E-state index in [1.165, 1.54) is 43.2 Å². The van der Waals surface area contributed by atoms with Gasteiger partial charge in [-0.2, -0.15) is 0 Å². The predicted molar refractivity (Wildman–Crippen MR) is 90.7 cm³/mol. The molecule has 0 radical (unpaired) electrons. The Bertz CT molecular complexity index is 410. The summed E-state index contributed by atoms with van der Waals surface area (Å²) in [5, 5.41) is 6.85. The van der Waals surface area contributed by atoms with E-state index in [-0.39, 0.29) is 0 Å². The number of thiazole rings is 1. The van der Waals surface area contributed by atoms with Gasteiger partial charge < -0.3 is 10.2 Å². The average Bonchev–Trinajstić information content (AvgIpc) is 2.92. The number of nitrogens with zero attached hydrogens (tertiary/aromatic N) is 3. The molecule has 2 rings (SSSR count). The first-order valence-electron chi connectivity index (χ1n) is 8.17. The molecule has 1 aromatic rings. The maximum Gasteiger partial charge on any atom is 0.107 e. The minimum atomic E-state index is 0.517. The fraction of sp³-hybridized carbons (Fsp3) is 0.812. The molecular formula is C16H30N4S. The Hall–Kier alpha value is -0.490. The molecule has 2 heterocycles. The zero-order chi connectivity index (χ0) is 15.2. The molecule has 0 unspecified atom stereocenters. The molecule has 120 valence electrons. The van der Waals surface area contributed by atoms with Gasteiger partial charge in [0.1, 0.15) is 5.01 Å². The smallest absolute Gasteiger partial charge is 0.107 e. The molecule has 4 nitrogen and oxygen atoms in total. The Morgan fingerprint density at radius 1 is 1.43 bits per heavy atom. The third-order valence-corrected chi connectivity index (χ3v) is 5.20. The van der Waals surface area contributed by atoms with Crippen molar-refractivity contribution in [2.24, 2.45) is 0 Å². The molecule has 5 heteroatoms. The van der Waals surface area contributed by atoms with Crippen LogP contribution in [-0.4, -0.2) is 53.5 Å². The Morgan fingerprint density at radius 2 is 2.14 bits per heavy atom. The molecule has 0 aromatic carbocycles. The third-order valence-electron chi connectivity index (χ3n) is 4.30. The number of nitrogens with one attached hydrogen (secondary N) is 1. The van der Waals surface area contributed by atoms with Gasteiger partial charge in [0.05, 0.1) is 5.69 Å². The number of aromatic nitrogens is 1.